The van der Waals surface area contributed by atoms with E-state index in [-0.39, 0.29) is 35.5 Å². The molecule has 0 aliphatic heterocycles. The molecule has 0 aliphatic rings. The van der Waals surface area contributed by atoms with E-state index in [1.165, 1.54) is 0 Å². The molecule has 0 rings (SSSR count). The van der Waals surface area contributed by atoms with E-state index in [0.717, 1.165) is 19.3 Å². The number of carbonyl (C=O) groups excluding carboxylic acids is 1. The summed E-state index contributed by atoms with van der Waals surface area (Å²) in [6.07, 6.45) is 3.43. The standard InChI is InChI=1S/C9H16Cl2O2.Na.H/c1-7(2)5-3-4-6-8(12)13-9(10)11;;/h7,9H,3-6H2,1-2H3;;. The van der Waals surface area contributed by atoms with E-state index in [2.05, 4.69) is 18.6 Å². The van der Waals surface area contributed by atoms with Gasteiger partial charge in [0.2, 0.25) is 0 Å². The van der Waals surface area contributed by atoms with Gasteiger partial charge in [-0.2, -0.15) is 0 Å². The molecule has 0 unspecified atom stereocenters. The van der Waals surface area contributed by atoms with Crippen molar-refractivity contribution in [2.24, 2.45) is 5.92 Å². The number of hydrogen-bond acceptors (Lipinski definition) is 2. The fraction of sp³-hybridized carbons (Fsp3) is 0.889. The summed E-state index contributed by atoms with van der Waals surface area (Å²) in [5, 5.41) is -1.03. The SMILES string of the molecule is CC(C)CCCCC(=O)OC(Cl)Cl.[NaH]. The molecule has 14 heavy (non-hydrogen) atoms. The Labute approximate surface area is 118 Å². The summed E-state index contributed by atoms with van der Waals surface area (Å²) in [6, 6.07) is 0. The van der Waals surface area contributed by atoms with Gasteiger partial charge in [-0.1, -0.05) is 49.9 Å². The molecule has 5 heteroatoms. The summed E-state index contributed by atoms with van der Waals surface area (Å²) in [7, 11) is 0. The maximum absolute atomic E-state index is 10.9. The van der Waals surface area contributed by atoms with Gasteiger partial charge in [-0.15, -0.1) is 0 Å². The normalized spacial score (nSPS) is 10.1. The van der Waals surface area contributed by atoms with Gasteiger partial charge in [0.05, 0.1) is 0 Å². The fourth-order valence-corrected chi connectivity index (χ4v) is 1.18. The van der Waals surface area contributed by atoms with E-state index in [0.29, 0.717) is 12.3 Å². The van der Waals surface area contributed by atoms with Crippen LogP contribution in [0.2, 0.25) is 0 Å². The second-order valence-corrected chi connectivity index (χ2v) is 4.41. The Hall–Kier alpha value is 1.05. The molecule has 0 atom stereocenters. The second-order valence-electron chi connectivity index (χ2n) is 3.39. The number of ether oxygens (including phenoxy) is 1. The van der Waals surface area contributed by atoms with Crippen LogP contribution >= 0.6 is 23.2 Å². The molecule has 0 aromatic rings. The predicted octanol–water partition coefficient (Wildman–Crippen LogP) is 2.86. The van der Waals surface area contributed by atoms with Crippen molar-refractivity contribution < 1.29 is 9.53 Å². The molecular formula is C9H17Cl2NaO2. The maximum atomic E-state index is 10.9. The van der Waals surface area contributed by atoms with Crippen LogP contribution in [-0.4, -0.2) is 40.5 Å². The number of alkyl halides is 2. The molecule has 0 saturated heterocycles. The predicted molar refractivity (Wildman–Crippen MR) is 62.0 cm³/mol. The van der Waals surface area contributed by atoms with Gasteiger partial charge in [0.15, 0.2) is 0 Å². The van der Waals surface area contributed by atoms with Crippen LogP contribution in [0, 0.1) is 5.92 Å². The molecule has 0 N–H and O–H groups in total. The van der Waals surface area contributed by atoms with Gasteiger partial charge < -0.3 is 4.74 Å². The van der Waals surface area contributed by atoms with Crippen molar-refractivity contribution in [3.8, 4) is 0 Å². The van der Waals surface area contributed by atoms with Crippen LogP contribution in [0.1, 0.15) is 39.5 Å². The number of hydrogen-bond donors (Lipinski definition) is 0. The van der Waals surface area contributed by atoms with Crippen LogP contribution < -0.4 is 0 Å². The number of halogens is 2. The Morgan fingerprint density at radius 1 is 1.29 bits per heavy atom. The Morgan fingerprint density at radius 2 is 1.86 bits per heavy atom. The number of esters is 1. The van der Waals surface area contributed by atoms with Crippen LogP contribution in [0.4, 0.5) is 0 Å². The molecule has 0 heterocycles. The Bertz CT molecular complexity index is 152. The van der Waals surface area contributed by atoms with Crippen LogP contribution in [0.5, 0.6) is 0 Å². The summed E-state index contributed by atoms with van der Waals surface area (Å²) < 4.78 is 4.55. The zero-order valence-corrected chi connectivity index (χ0v) is 9.57. The molecule has 0 spiro atoms. The molecule has 2 nitrogen and oxygen atoms in total. The van der Waals surface area contributed by atoms with Crippen LogP contribution in [-0.2, 0) is 9.53 Å². The minimum absolute atomic E-state index is 0. The average molecular weight is 251 g/mol. The molecule has 0 aliphatic carbocycles. The van der Waals surface area contributed by atoms with E-state index >= 15 is 0 Å². The summed E-state index contributed by atoms with van der Waals surface area (Å²) in [5.74, 6) is 0.364. The van der Waals surface area contributed by atoms with E-state index in [1.54, 1.807) is 0 Å². The van der Waals surface area contributed by atoms with Gasteiger partial charge in [0, 0.05) is 6.42 Å². The molecule has 0 saturated carbocycles. The molecule has 0 fully saturated rings. The zero-order chi connectivity index (χ0) is 10.3. The third kappa shape index (κ3) is 13.1. The molecule has 0 aromatic heterocycles. The van der Waals surface area contributed by atoms with Crippen molar-refractivity contribution in [3.63, 3.8) is 0 Å². The summed E-state index contributed by atoms with van der Waals surface area (Å²) >= 11 is 10.5. The topological polar surface area (TPSA) is 26.3 Å². The summed E-state index contributed by atoms with van der Waals surface area (Å²) in [5.41, 5.74) is 0. The first-order chi connectivity index (χ1) is 6.02. The van der Waals surface area contributed by atoms with Crippen molar-refractivity contribution in [2.75, 3.05) is 0 Å². The van der Waals surface area contributed by atoms with Crippen molar-refractivity contribution in [1.29, 1.82) is 0 Å². The van der Waals surface area contributed by atoms with Crippen LogP contribution in [0.25, 0.3) is 0 Å². The van der Waals surface area contributed by atoms with Crippen molar-refractivity contribution >= 4 is 58.7 Å². The van der Waals surface area contributed by atoms with Crippen LogP contribution in [0.15, 0.2) is 0 Å². The van der Waals surface area contributed by atoms with Gasteiger partial charge in [-0.05, 0) is 12.3 Å². The molecular weight excluding hydrogens is 234 g/mol. The number of carbonyl (C=O) groups is 1. The van der Waals surface area contributed by atoms with E-state index in [4.69, 9.17) is 23.2 Å². The zero-order valence-electron chi connectivity index (χ0n) is 8.06. The summed E-state index contributed by atoms with van der Waals surface area (Å²) in [6.45, 7) is 4.32. The van der Waals surface area contributed by atoms with Gasteiger partial charge in [0.25, 0.3) is 5.02 Å². The van der Waals surface area contributed by atoms with Crippen molar-refractivity contribution in [3.05, 3.63) is 0 Å². The molecule has 0 bridgehead atoms. The minimum atomic E-state index is -1.03. The Morgan fingerprint density at radius 3 is 2.29 bits per heavy atom. The Kier molecular flexibility index (Phi) is 13.2. The summed E-state index contributed by atoms with van der Waals surface area (Å²) in [4.78, 5) is 10.9. The molecule has 0 amide bonds. The van der Waals surface area contributed by atoms with Gasteiger partial charge in [-0.3, -0.25) is 4.79 Å². The monoisotopic (exact) mass is 250 g/mol. The number of rotatable bonds is 6. The van der Waals surface area contributed by atoms with Gasteiger partial charge >= 0.3 is 35.5 Å². The molecule has 0 radical (unpaired) electrons. The third-order valence-electron chi connectivity index (χ3n) is 1.63. The first-order valence-electron chi connectivity index (χ1n) is 4.50. The van der Waals surface area contributed by atoms with E-state index < -0.39 is 5.02 Å². The average Bonchev–Trinajstić information content (AvgIpc) is 1.96. The molecule has 0 aromatic carbocycles. The van der Waals surface area contributed by atoms with Crippen molar-refractivity contribution in [2.45, 2.75) is 44.6 Å². The fourth-order valence-electron chi connectivity index (χ4n) is 0.980. The third-order valence-corrected chi connectivity index (χ3v) is 1.81. The van der Waals surface area contributed by atoms with Gasteiger partial charge in [0.1, 0.15) is 0 Å². The first-order valence-corrected chi connectivity index (χ1v) is 5.37. The first kappa shape index (κ1) is 17.4. The Balaban J connectivity index is 0. The van der Waals surface area contributed by atoms with Crippen LogP contribution in [0.3, 0.4) is 0 Å². The van der Waals surface area contributed by atoms with Crippen molar-refractivity contribution in [1.82, 2.24) is 0 Å². The quantitative estimate of drug-likeness (QED) is 0.314. The van der Waals surface area contributed by atoms with E-state index in [9.17, 15) is 4.79 Å². The van der Waals surface area contributed by atoms with Gasteiger partial charge in [-0.25, -0.2) is 0 Å². The number of unbranched alkanes of at least 4 members (excludes halogenated alkanes) is 1. The van der Waals surface area contributed by atoms with E-state index in [1.807, 2.05) is 0 Å². The second kappa shape index (κ2) is 10.6. The molecule has 80 valence electrons.